The Morgan fingerprint density at radius 2 is 2.21 bits per heavy atom. The summed E-state index contributed by atoms with van der Waals surface area (Å²) in [6.07, 6.45) is 4.03. The van der Waals surface area contributed by atoms with E-state index in [1.165, 1.54) is 6.21 Å². The Morgan fingerprint density at radius 1 is 1.57 bits per heavy atom. The third kappa shape index (κ3) is 2.45. The Kier molecular flexibility index (Phi) is 3.11. The standard InChI is InChI=1S/C10H12ClN2O/c1-10(2,3)8-4-9(11)12-5-7(8)6-13-14/h4,6,14H,1-3H3. The lowest BCUT2D eigenvalue weighted by molar-refractivity contribution is 0.321. The van der Waals surface area contributed by atoms with Crippen molar-refractivity contribution in [2.24, 2.45) is 5.16 Å². The zero-order valence-corrected chi connectivity index (χ0v) is 9.13. The second-order valence-corrected chi connectivity index (χ2v) is 4.40. The van der Waals surface area contributed by atoms with E-state index in [4.69, 9.17) is 16.8 Å². The zero-order chi connectivity index (χ0) is 10.8. The summed E-state index contributed by atoms with van der Waals surface area (Å²) in [6, 6.07) is 1.76. The highest BCUT2D eigenvalue weighted by Crippen LogP contribution is 2.26. The van der Waals surface area contributed by atoms with Crippen LogP contribution in [0.5, 0.6) is 0 Å². The average molecular weight is 212 g/mol. The molecule has 0 aliphatic heterocycles. The molecule has 1 aromatic rings. The average Bonchev–Trinajstić information content (AvgIpc) is 2.07. The van der Waals surface area contributed by atoms with Crippen molar-refractivity contribution < 1.29 is 5.21 Å². The Hall–Kier alpha value is -1.09. The molecule has 1 heterocycles. The largest absolute Gasteiger partial charge is 0.411 e. The molecule has 14 heavy (non-hydrogen) atoms. The molecule has 0 spiro atoms. The summed E-state index contributed by atoms with van der Waals surface area (Å²) in [6.45, 7) is 6.13. The Labute approximate surface area is 88.4 Å². The van der Waals surface area contributed by atoms with Crippen LogP contribution in [-0.2, 0) is 5.41 Å². The van der Waals surface area contributed by atoms with Gasteiger partial charge in [0.2, 0.25) is 0 Å². The molecule has 0 saturated heterocycles. The maximum atomic E-state index is 8.47. The van der Waals surface area contributed by atoms with Crippen LogP contribution in [0.3, 0.4) is 0 Å². The van der Waals surface area contributed by atoms with Gasteiger partial charge in [0, 0.05) is 5.56 Å². The first-order valence-corrected chi connectivity index (χ1v) is 4.59. The van der Waals surface area contributed by atoms with E-state index in [0.717, 1.165) is 5.56 Å². The fraction of sp³-hybridized carbons (Fsp3) is 0.400. The van der Waals surface area contributed by atoms with E-state index in [9.17, 15) is 0 Å². The quantitative estimate of drug-likeness (QED) is 0.336. The predicted octanol–water partition coefficient (Wildman–Crippen LogP) is 2.64. The summed E-state index contributed by atoms with van der Waals surface area (Å²) in [5.74, 6) is 0. The normalized spacial score (nSPS) is 12.3. The summed E-state index contributed by atoms with van der Waals surface area (Å²) in [5, 5.41) is 11.8. The molecule has 0 aromatic carbocycles. The van der Waals surface area contributed by atoms with Gasteiger partial charge in [0.1, 0.15) is 11.3 Å². The van der Waals surface area contributed by atoms with E-state index in [1.54, 1.807) is 6.07 Å². The van der Waals surface area contributed by atoms with Crippen molar-refractivity contribution in [1.29, 1.82) is 0 Å². The minimum Gasteiger partial charge on any atom is -0.411 e. The van der Waals surface area contributed by atoms with Gasteiger partial charge in [-0.15, -0.1) is 0 Å². The Bertz CT molecular complexity index is 356. The highest BCUT2D eigenvalue weighted by atomic mass is 35.5. The van der Waals surface area contributed by atoms with E-state index in [1.807, 2.05) is 20.8 Å². The number of rotatable bonds is 1. The molecule has 0 saturated carbocycles. The van der Waals surface area contributed by atoms with E-state index in [-0.39, 0.29) is 5.41 Å². The van der Waals surface area contributed by atoms with Crippen LogP contribution in [0.25, 0.3) is 0 Å². The van der Waals surface area contributed by atoms with E-state index in [0.29, 0.717) is 10.7 Å². The first kappa shape index (κ1) is 11.0. The second kappa shape index (κ2) is 3.96. The number of nitrogens with zero attached hydrogens (tertiary/aromatic N) is 2. The van der Waals surface area contributed by atoms with Crippen molar-refractivity contribution in [3.63, 3.8) is 0 Å². The van der Waals surface area contributed by atoms with Crippen LogP contribution >= 0.6 is 11.6 Å². The molecular formula is C10H12ClN2O. The molecule has 0 aliphatic rings. The van der Waals surface area contributed by atoms with Crippen molar-refractivity contribution >= 4 is 17.8 Å². The van der Waals surface area contributed by atoms with Crippen LogP contribution in [-0.4, -0.2) is 16.4 Å². The highest BCUT2D eigenvalue weighted by Gasteiger charge is 2.18. The molecule has 3 nitrogen and oxygen atoms in total. The lowest BCUT2D eigenvalue weighted by Crippen LogP contribution is -2.14. The Balaban J connectivity index is 3.30. The predicted molar refractivity (Wildman–Crippen MR) is 56.2 cm³/mol. The van der Waals surface area contributed by atoms with Crippen molar-refractivity contribution in [2.75, 3.05) is 0 Å². The number of hydrogen-bond acceptors (Lipinski definition) is 3. The molecule has 0 atom stereocenters. The van der Waals surface area contributed by atoms with E-state index in [2.05, 4.69) is 16.3 Å². The first-order chi connectivity index (χ1) is 6.45. The third-order valence-corrected chi connectivity index (χ3v) is 2.03. The Morgan fingerprint density at radius 3 is 2.71 bits per heavy atom. The van der Waals surface area contributed by atoms with Gasteiger partial charge in [-0.3, -0.25) is 0 Å². The summed E-state index contributed by atoms with van der Waals surface area (Å²) < 4.78 is 0. The number of pyridine rings is 1. The minimum absolute atomic E-state index is 0.0837. The number of hydrogen-bond donors (Lipinski definition) is 1. The minimum atomic E-state index is -0.0837. The van der Waals surface area contributed by atoms with Crippen LogP contribution in [0.1, 0.15) is 31.9 Å². The molecule has 0 bridgehead atoms. The van der Waals surface area contributed by atoms with Crippen molar-refractivity contribution in [3.05, 3.63) is 28.5 Å². The molecule has 1 aromatic heterocycles. The topological polar surface area (TPSA) is 45.5 Å². The van der Waals surface area contributed by atoms with E-state index < -0.39 is 0 Å². The summed E-state index contributed by atoms with van der Waals surface area (Å²) in [5.41, 5.74) is 1.53. The molecule has 0 aliphatic carbocycles. The molecule has 75 valence electrons. The summed E-state index contributed by atoms with van der Waals surface area (Å²) in [7, 11) is 0. The lowest BCUT2D eigenvalue weighted by Gasteiger charge is -2.20. The molecule has 1 radical (unpaired) electrons. The first-order valence-electron chi connectivity index (χ1n) is 4.21. The highest BCUT2D eigenvalue weighted by molar-refractivity contribution is 6.29. The number of halogens is 1. The van der Waals surface area contributed by atoms with Gasteiger partial charge in [0.05, 0.1) is 6.21 Å². The van der Waals surface area contributed by atoms with Gasteiger partial charge >= 0.3 is 0 Å². The number of aromatic nitrogens is 1. The van der Waals surface area contributed by atoms with Gasteiger partial charge in [0.15, 0.2) is 0 Å². The van der Waals surface area contributed by atoms with Crippen LogP contribution in [0, 0.1) is 6.20 Å². The maximum absolute atomic E-state index is 8.47. The van der Waals surface area contributed by atoms with Crippen LogP contribution in [0.2, 0.25) is 5.15 Å². The smallest absolute Gasteiger partial charge is 0.130 e. The van der Waals surface area contributed by atoms with Crippen LogP contribution < -0.4 is 0 Å². The third-order valence-electron chi connectivity index (χ3n) is 1.83. The molecule has 1 N–H and O–H groups in total. The van der Waals surface area contributed by atoms with Crippen molar-refractivity contribution in [2.45, 2.75) is 26.2 Å². The van der Waals surface area contributed by atoms with Crippen molar-refractivity contribution in [3.8, 4) is 0 Å². The van der Waals surface area contributed by atoms with E-state index >= 15 is 0 Å². The van der Waals surface area contributed by atoms with Gasteiger partial charge in [-0.2, -0.15) is 0 Å². The van der Waals surface area contributed by atoms with Gasteiger partial charge in [-0.25, -0.2) is 4.98 Å². The molecule has 0 amide bonds. The summed E-state index contributed by atoms with van der Waals surface area (Å²) in [4.78, 5) is 3.81. The van der Waals surface area contributed by atoms with Gasteiger partial charge in [-0.05, 0) is 17.0 Å². The monoisotopic (exact) mass is 211 g/mol. The molecule has 0 unspecified atom stereocenters. The fourth-order valence-electron chi connectivity index (χ4n) is 1.18. The fourth-order valence-corrected chi connectivity index (χ4v) is 1.33. The van der Waals surface area contributed by atoms with Crippen LogP contribution in [0.15, 0.2) is 11.2 Å². The zero-order valence-electron chi connectivity index (χ0n) is 8.37. The maximum Gasteiger partial charge on any atom is 0.130 e. The molecule has 1 rings (SSSR count). The van der Waals surface area contributed by atoms with Crippen LogP contribution in [0.4, 0.5) is 0 Å². The summed E-state index contributed by atoms with van der Waals surface area (Å²) >= 11 is 5.77. The number of oxime groups is 1. The van der Waals surface area contributed by atoms with Gasteiger partial charge in [-0.1, -0.05) is 37.5 Å². The second-order valence-electron chi connectivity index (χ2n) is 4.01. The van der Waals surface area contributed by atoms with Gasteiger partial charge in [0.25, 0.3) is 0 Å². The SMILES string of the molecule is CC(C)(C)c1cc(Cl)n[c]c1C=NO. The molecule has 0 fully saturated rings. The lowest BCUT2D eigenvalue weighted by atomic mass is 9.85. The molecular weight excluding hydrogens is 200 g/mol. The molecule has 4 heteroatoms. The van der Waals surface area contributed by atoms with Crippen molar-refractivity contribution in [1.82, 2.24) is 4.98 Å². The van der Waals surface area contributed by atoms with Gasteiger partial charge < -0.3 is 5.21 Å².